The molecule has 3 fully saturated rings. The van der Waals surface area contributed by atoms with Gasteiger partial charge in [-0.2, -0.15) is 0 Å². The fourth-order valence-electron chi connectivity index (χ4n) is 5.32. The molecule has 3 saturated carbocycles. The van der Waals surface area contributed by atoms with E-state index in [1.165, 1.54) is 19.3 Å². The number of hydrogen-bond donors (Lipinski definition) is 3. The van der Waals surface area contributed by atoms with E-state index in [1.807, 2.05) is 0 Å². The molecule has 3 aliphatic carbocycles. The van der Waals surface area contributed by atoms with E-state index >= 15 is 0 Å². The van der Waals surface area contributed by atoms with Crippen LogP contribution in [0.15, 0.2) is 0 Å². The summed E-state index contributed by atoms with van der Waals surface area (Å²) in [4.78, 5) is 0. The van der Waals surface area contributed by atoms with Gasteiger partial charge < -0.3 is 20.1 Å². The first-order chi connectivity index (χ1) is 10.3. The molecule has 4 nitrogen and oxygen atoms in total. The molecule has 0 amide bonds. The van der Waals surface area contributed by atoms with Gasteiger partial charge in [-0.1, -0.05) is 6.42 Å². The molecule has 0 radical (unpaired) electrons. The van der Waals surface area contributed by atoms with Crippen molar-refractivity contribution in [2.45, 2.75) is 44.6 Å². The molecule has 21 heavy (non-hydrogen) atoms. The summed E-state index contributed by atoms with van der Waals surface area (Å²) in [6, 6.07) is 0. The molecule has 2 bridgehead atoms. The standard InChI is InChI=1S/C17H30O4/c18-7-13-2-1-3-17(15(13)9-20)21-10-16-12-5-4-11(6-12)14(16)8-19/h11-20H,1-10H2. The van der Waals surface area contributed by atoms with Crippen LogP contribution in [0.5, 0.6) is 0 Å². The Morgan fingerprint density at radius 2 is 1.48 bits per heavy atom. The van der Waals surface area contributed by atoms with Crippen molar-refractivity contribution < 1.29 is 20.1 Å². The average Bonchev–Trinajstić information content (AvgIpc) is 3.12. The number of fused-ring (bicyclic) bond motifs is 2. The van der Waals surface area contributed by atoms with Crippen LogP contribution in [0.2, 0.25) is 0 Å². The van der Waals surface area contributed by atoms with Gasteiger partial charge in [0.25, 0.3) is 0 Å². The van der Waals surface area contributed by atoms with E-state index in [0.29, 0.717) is 24.4 Å². The van der Waals surface area contributed by atoms with E-state index in [9.17, 15) is 15.3 Å². The highest BCUT2D eigenvalue weighted by Gasteiger charge is 2.47. The molecule has 0 spiro atoms. The van der Waals surface area contributed by atoms with Gasteiger partial charge in [0.1, 0.15) is 0 Å². The first-order valence-electron chi connectivity index (χ1n) is 8.72. The van der Waals surface area contributed by atoms with Crippen molar-refractivity contribution in [3.63, 3.8) is 0 Å². The second kappa shape index (κ2) is 6.95. The van der Waals surface area contributed by atoms with Crippen LogP contribution in [0.25, 0.3) is 0 Å². The Kier molecular flexibility index (Phi) is 5.20. The topological polar surface area (TPSA) is 69.9 Å². The van der Waals surface area contributed by atoms with Gasteiger partial charge >= 0.3 is 0 Å². The third kappa shape index (κ3) is 3.00. The lowest BCUT2D eigenvalue weighted by Crippen LogP contribution is -2.40. The maximum atomic E-state index is 9.65. The zero-order chi connectivity index (χ0) is 14.8. The van der Waals surface area contributed by atoms with E-state index < -0.39 is 0 Å². The predicted molar refractivity (Wildman–Crippen MR) is 79.6 cm³/mol. The van der Waals surface area contributed by atoms with Gasteiger partial charge in [0.15, 0.2) is 0 Å². The van der Waals surface area contributed by atoms with Crippen LogP contribution in [0.3, 0.4) is 0 Å². The van der Waals surface area contributed by atoms with E-state index in [2.05, 4.69) is 0 Å². The van der Waals surface area contributed by atoms with Gasteiger partial charge in [-0.15, -0.1) is 0 Å². The van der Waals surface area contributed by atoms with E-state index in [0.717, 1.165) is 31.8 Å². The molecule has 122 valence electrons. The van der Waals surface area contributed by atoms with E-state index in [4.69, 9.17) is 4.74 Å². The molecule has 3 rings (SSSR count). The smallest absolute Gasteiger partial charge is 0.0628 e. The molecule has 0 aliphatic heterocycles. The Hall–Kier alpha value is -0.160. The van der Waals surface area contributed by atoms with Crippen molar-refractivity contribution in [2.24, 2.45) is 35.5 Å². The summed E-state index contributed by atoms with van der Waals surface area (Å²) in [6.45, 7) is 1.28. The third-order valence-electron chi connectivity index (χ3n) is 6.58. The maximum Gasteiger partial charge on any atom is 0.0628 e. The maximum absolute atomic E-state index is 9.65. The number of rotatable bonds is 6. The highest BCUT2D eigenvalue weighted by molar-refractivity contribution is 4.96. The van der Waals surface area contributed by atoms with Crippen LogP contribution in [0.4, 0.5) is 0 Å². The highest BCUT2D eigenvalue weighted by atomic mass is 16.5. The molecule has 3 aliphatic rings. The first kappa shape index (κ1) is 15.7. The molecular weight excluding hydrogens is 268 g/mol. The van der Waals surface area contributed by atoms with Crippen molar-refractivity contribution in [1.29, 1.82) is 0 Å². The van der Waals surface area contributed by atoms with Crippen molar-refractivity contribution in [3.05, 3.63) is 0 Å². The fourth-order valence-corrected chi connectivity index (χ4v) is 5.32. The molecule has 0 aromatic heterocycles. The van der Waals surface area contributed by atoms with Crippen LogP contribution in [-0.2, 0) is 4.74 Å². The molecule has 0 aromatic carbocycles. The summed E-state index contributed by atoms with van der Waals surface area (Å²) >= 11 is 0. The molecule has 7 unspecified atom stereocenters. The quantitative estimate of drug-likeness (QED) is 0.694. The van der Waals surface area contributed by atoms with Gasteiger partial charge in [-0.3, -0.25) is 0 Å². The van der Waals surface area contributed by atoms with Gasteiger partial charge in [-0.25, -0.2) is 0 Å². The zero-order valence-corrected chi connectivity index (χ0v) is 12.9. The lowest BCUT2D eigenvalue weighted by Gasteiger charge is -2.38. The number of hydrogen-bond acceptors (Lipinski definition) is 4. The second-order valence-electron chi connectivity index (χ2n) is 7.44. The molecule has 0 heterocycles. The molecule has 7 atom stereocenters. The Balaban J connectivity index is 1.56. The van der Waals surface area contributed by atoms with Crippen molar-refractivity contribution in [2.75, 3.05) is 26.4 Å². The Morgan fingerprint density at radius 1 is 0.762 bits per heavy atom. The summed E-state index contributed by atoms with van der Waals surface area (Å²) in [5.74, 6) is 2.63. The van der Waals surface area contributed by atoms with Crippen LogP contribution in [0.1, 0.15) is 38.5 Å². The minimum Gasteiger partial charge on any atom is -0.396 e. The molecule has 0 aromatic rings. The largest absolute Gasteiger partial charge is 0.396 e. The fraction of sp³-hybridized carbons (Fsp3) is 1.00. The van der Waals surface area contributed by atoms with Crippen LogP contribution in [-0.4, -0.2) is 47.9 Å². The monoisotopic (exact) mass is 298 g/mol. The summed E-state index contributed by atoms with van der Waals surface area (Å²) < 4.78 is 6.20. The summed E-state index contributed by atoms with van der Waals surface area (Å²) in [6.07, 6.45) is 6.99. The van der Waals surface area contributed by atoms with Gasteiger partial charge in [0.2, 0.25) is 0 Å². The summed E-state index contributed by atoms with van der Waals surface area (Å²) in [5.41, 5.74) is 0. The van der Waals surface area contributed by atoms with Gasteiger partial charge in [-0.05, 0) is 61.7 Å². The minimum atomic E-state index is 0.0786. The summed E-state index contributed by atoms with van der Waals surface area (Å²) in [5, 5.41) is 28.7. The third-order valence-corrected chi connectivity index (χ3v) is 6.58. The molecule has 4 heteroatoms. The van der Waals surface area contributed by atoms with Gasteiger partial charge in [0.05, 0.1) is 12.7 Å². The SMILES string of the molecule is OCC1CCCC(OCC2C3CCC(C3)C2CO)C1CO. The molecule has 0 saturated heterocycles. The average molecular weight is 298 g/mol. The van der Waals surface area contributed by atoms with Gasteiger partial charge in [0, 0.05) is 25.7 Å². The Bertz CT molecular complexity index is 335. The molecular formula is C17H30O4. The number of ether oxygens (including phenoxy) is 1. The second-order valence-corrected chi connectivity index (χ2v) is 7.44. The van der Waals surface area contributed by atoms with Crippen molar-refractivity contribution in [3.8, 4) is 0 Å². The van der Waals surface area contributed by atoms with Crippen molar-refractivity contribution in [1.82, 2.24) is 0 Å². The predicted octanol–water partition coefficient (Wildman–Crippen LogP) is 1.43. The summed E-state index contributed by atoms with van der Waals surface area (Å²) in [7, 11) is 0. The van der Waals surface area contributed by atoms with Crippen LogP contribution < -0.4 is 0 Å². The zero-order valence-electron chi connectivity index (χ0n) is 12.9. The Morgan fingerprint density at radius 3 is 2.14 bits per heavy atom. The Labute approximate surface area is 127 Å². The van der Waals surface area contributed by atoms with E-state index in [1.54, 1.807) is 0 Å². The normalized spacial score (nSPS) is 46.1. The van der Waals surface area contributed by atoms with Crippen LogP contribution in [0, 0.1) is 35.5 Å². The highest BCUT2D eigenvalue weighted by Crippen LogP contribution is 2.52. The lowest BCUT2D eigenvalue weighted by atomic mass is 9.77. The van der Waals surface area contributed by atoms with E-state index in [-0.39, 0.29) is 31.2 Å². The number of aliphatic hydroxyl groups excluding tert-OH is 3. The van der Waals surface area contributed by atoms with Crippen LogP contribution >= 0.6 is 0 Å². The number of aliphatic hydroxyl groups is 3. The lowest BCUT2D eigenvalue weighted by molar-refractivity contribution is -0.0844. The minimum absolute atomic E-state index is 0.0786. The first-order valence-corrected chi connectivity index (χ1v) is 8.72. The van der Waals surface area contributed by atoms with Crippen molar-refractivity contribution >= 4 is 0 Å². The molecule has 3 N–H and O–H groups in total.